The minimum atomic E-state index is -0.498. The van der Waals surface area contributed by atoms with Crippen LogP contribution in [0.25, 0.3) is 0 Å². The van der Waals surface area contributed by atoms with E-state index in [0.717, 1.165) is 12.3 Å². The molecule has 12 heavy (non-hydrogen) atoms. The highest BCUT2D eigenvalue weighted by atomic mass is 16.4. The van der Waals surface area contributed by atoms with Crippen LogP contribution in [0.3, 0.4) is 0 Å². The van der Waals surface area contributed by atoms with Gasteiger partial charge in [0.15, 0.2) is 0 Å². The van der Waals surface area contributed by atoms with Gasteiger partial charge in [-0.3, -0.25) is 4.79 Å². The average Bonchev–Trinajstić information content (AvgIpc) is 2.76. The van der Waals surface area contributed by atoms with Crippen molar-refractivity contribution in [3.8, 4) is 0 Å². The van der Waals surface area contributed by atoms with Crippen LogP contribution in [-0.2, 0) is 4.79 Å². The van der Waals surface area contributed by atoms with Crippen LogP contribution >= 0.6 is 0 Å². The summed E-state index contributed by atoms with van der Waals surface area (Å²) in [6.45, 7) is 0. The summed E-state index contributed by atoms with van der Waals surface area (Å²) in [6, 6.07) is 0. The van der Waals surface area contributed by atoms with E-state index in [1.807, 2.05) is 0 Å². The summed E-state index contributed by atoms with van der Waals surface area (Å²) in [5, 5.41) is 9.16. The van der Waals surface area contributed by atoms with E-state index >= 15 is 0 Å². The maximum atomic E-state index is 11.1. The van der Waals surface area contributed by atoms with Crippen LogP contribution in [0.15, 0.2) is 0 Å². The molecule has 0 aromatic carbocycles. The van der Waals surface area contributed by atoms with E-state index < -0.39 is 5.97 Å². The topological polar surface area (TPSA) is 37.3 Å². The second kappa shape index (κ2) is 1.86. The molecule has 66 valence electrons. The normalized spacial score (nSPS) is 54.8. The lowest BCUT2D eigenvalue weighted by Gasteiger charge is -2.28. The van der Waals surface area contributed by atoms with E-state index in [-0.39, 0.29) is 5.41 Å². The average molecular weight is 166 g/mol. The number of carboxylic acid groups (broad SMARTS) is 1. The van der Waals surface area contributed by atoms with Crippen LogP contribution in [0.1, 0.15) is 32.1 Å². The fourth-order valence-electron chi connectivity index (χ4n) is 3.89. The zero-order valence-corrected chi connectivity index (χ0v) is 7.12. The Hall–Kier alpha value is -0.530. The Kier molecular flexibility index (Phi) is 1.07. The molecule has 0 aliphatic heterocycles. The van der Waals surface area contributed by atoms with Gasteiger partial charge >= 0.3 is 5.97 Å². The van der Waals surface area contributed by atoms with E-state index in [0.29, 0.717) is 11.8 Å². The predicted octanol–water partition coefficient (Wildman–Crippen LogP) is 1.90. The molecule has 3 fully saturated rings. The van der Waals surface area contributed by atoms with Gasteiger partial charge in [0.05, 0.1) is 5.41 Å². The minimum absolute atomic E-state index is 0.221. The first-order valence-electron chi connectivity index (χ1n) is 4.98. The maximum absolute atomic E-state index is 11.1. The monoisotopic (exact) mass is 166 g/mol. The highest BCUT2D eigenvalue weighted by Gasteiger charge is 2.72. The third kappa shape index (κ3) is 0.572. The van der Waals surface area contributed by atoms with E-state index in [1.165, 1.54) is 25.7 Å². The van der Waals surface area contributed by atoms with E-state index in [4.69, 9.17) is 5.11 Å². The van der Waals surface area contributed by atoms with Gasteiger partial charge < -0.3 is 5.11 Å². The van der Waals surface area contributed by atoms with Crippen LogP contribution in [-0.4, -0.2) is 11.1 Å². The van der Waals surface area contributed by atoms with Crippen LogP contribution < -0.4 is 0 Å². The van der Waals surface area contributed by atoms with Gasteiger partial charge in [0.2, 0.25) is 0 Å². The summed E-state index contributed by atoms with van der Waals surface area (Å²) in [6.07, 6.45) is 5.99. The smallest absolute Gasteiger partial charge is 0.310 e. The summed E-state index contributed by atoms with van der Waals surface area (Å²) < 4.78 is 0. The van der Waals surface area contributed by atoms with Crippen molar-refractivity contribution in [2.45, 2.75) is 32.1 Å². The molecule has 3 aliphatic rings. The number of hydrogen-bond donors (Lipinski definition) is 1. The van der Waals surface area contributed by atoms with Crippen molar-refractivity contribution in [3.63, 3.8) is 0 Å². The zero-order valence-electron chi connectivity index (χ0n) is 7.12. The molecule has 2 unspecified atom stereocenters. The van der Waals surface area contributed by atoms with Gasteiger partial charge in [0.1, 0.15) is 0 Å². The van der Waals surface area contributed by atoms with Gasteiger partial charge in [-0.05, 0) is 37.0 Å². The molecular weight excluding hydrogens is 152 g/mol. The van der Waals surface area contributed by atoms with Crippen molar-refractivity contribution in [3.05, 3.63) is 0 Å². The van der Waals surface area contributed by atoms with Crippen LogP contribution in [0.5, 0.6) is 0 Å². The fraction of sp³-hybridized carbons (Fsp3) is 0.900. The molecular formula is C10H14O2. The Morgan fingerprint density at radius 2 is 1.75 bits per heavy atom. The zero-order chi connectivity index (χ0) is 8.34. The molecule has 3 saturated carbocycles. The van der Waals surface area contributed by atoms with Gasteiger partial charge in [-0.15, -0.1) is 0 Å². The highest BCUT2D eigenvalue weighted by molar-refractivity contribution is 5.80. The third-order valence-electron chi connectivity index (χ3n) is 4.50. The van der Waals surface area contributed by atoms with E-state index in [2.05, 4.69) is 0 Å². The van der Waals surface area contributed by atoms with Crippen molar-refractivity contribution in [1.82, 2.24) is 0 Å². The summed E-state index contributed by atoms with van der Waals surface area (Å²) in [7, 11) is 0. The Morgan fingerprint density at radius 1 is 1.17 bits per heavy atom. The number of carboxylic acids is 1. The molecule has 0 heterocycles. The molecule has 2 heteroatoms. The second-order valence-electron chi connectivity index (χ2n) is 4.78. The molecule has 0 saturated heterocycles. The summed E-state index contributed by atoms with van der Waals surface area (Å²) in [5.41, 5.74) is -0.221. The molecule has 2 bridgehead atoms. The Labute approximate surface area is 72.0 Å². The molecule has 0 aromatic rings. The molecule has 3 aliphatic carbocycles. The van der Waals surface area contributed by atoms with E-state index in [9.17, 15) is 4.79 Å². The highest BCUT2D eigenvalue weighted by Crippen LogP contribution is 2.72. The molecule has 0 amide bonds. The standard InChI is InChI=1S/C10H14O2/c11-9(12)10-5-6-1-3-7(10)8(10)4-2-6/h6-8H,1-5H2,(H,11,12)/t6?,7-,8+,10?. The largest absolute Gasteiger partial charge is 0.481 e. The number of fused-ring (bicyclic) bond motifs is 2. The fourth-order valence-corrected chi connectivity index (χ4v) is 3.89. The van der Waals surface area contributed by atoms with Gasteiger partial charge in [-0.1, -0.05) is 12.8 Å². The summed E-state index contributed by atoms with van der Waals surface area (Å²) >= 11 is 0. The van der Waals surface area contributed by atoms with Crippen LogP contribution in [0, 0.1) is 23.2 Å². The van der Waals surface area contributed by atoms with Crippen molar-refractivity contribution in [2.75, 3.05) is 0 Å². The van der Waals surface area contributed by atoms with Gasteiger partial charge in [-0.25, -0.2) is 0 Å². The first kappa shape index (κ1) is 6.93. The minimum Gasteiger partial charge on any atom is -0.481 e. The third-order valence-corrected chi connectivity index (χ3v) is 4.50. The Bertz CT molecular complexity index is 232. The number of rotatable bonds is 1. The first-order valence-corrected chi connectivity index (χ1v) is 4.98. The van der Waals surface area contributed by atoms with Gasteiger partial charge in [0, 0.05) is 0 Å². The number of aliphatic carboxylic acids is 1. The van der Waals surface area contributed by atoms with Crippen molar-refractivity contribution in [2.24, 2.45) is 23.2 Å². The summed E-state index contributed by atoms with van der Waals surface area (Å²) in [4.78, 5) is 11.1. The van der Waals surface area contributed by atoms with Gasteiger partial charge in [0.25, 0.3) is 0 Å². The maximum Gasteiger partial charge on any atom is 0.310 e. The van der Waals surface area contributed by atoms with Crippen LogP contribution in [0.4, 0.5) is 0 Å². The Balaban J connectivity index is 1.97. The summed E-state index contributed by atoms with van der Waals surface area (Å²) in [5.74, 6) is 1.38. The molecule has 0 spiro atoms. The van der Waals surface area contributed by atoms with Crippen molar-refractivity contribution in [1.29, 1.82) is 0 Å². The van der Waals surface area contributed by atoms with E-state index in [1.54, 1.807) is 0 Å². The van der Waals surface area contributed by atoms with Crippen LogP contribution in [0.2, 0.25) is 0 Å². The molecule has 0 radical (unpaired) electrons. The Morgan fingerprint density at radius 3 is 2.17 bits per heavy atom. The molecule has 4 atom stereocenters. The van der Waals surface area contributed by atoms with Crippen molar-refractivity contribution < 1.29 is 9.90 Å². The number of carbonyl (C=O) groups is 1. The first-order chi connectivity index (χ1) is 5.75. The number of hydrogen-bond acceptors (Lipinski definition) is 1. The molecule has 3 rings (SSSR count). The lowest BCUT2D eigenvalue weighted by atomic mass is 9.75. The SMILES string of the molecule is O=C(O)C12CC3CC[C@@H]1[C@@H]2CC3. The molecule has 2 nitrogen and oxygen atoms in total. The predicted molar refractivity (Wildman–Crippen MR) is 43.6 cm³/mol. The molecule has 0 aromatic heterocycles. The quantitative estimate of drug-likeness (QED) is 0.646. The second-order valence-corrected chi connectivity index (χ2v) is 4.78. The molecule has 1 N–H and O–H groups in total. The lowest BCUT2D eigenvalue weighted by molar-refractivity contribution is -0.146. The lowest BCUT2D eigenvalue weighted by Crippen LogP contribution is -2.28. The van der Waals surface area contributed by atoms with Crippen molar-refractivity contribution >= 4 is 5.97 Å². The van der Waals surface area contributed by atoms with Gasteiger partial charge in [-0.2, -0.15) is 0 Å².